The Balaban J connectivity index is 2.01. The van der Waals surface area contributed by atoms with E-state index in [4.69, 9.17) is 0 Å². The highest BCUT2D eigenvalue weighted by molar-refractivity contribution is 8.00. The highest BCUT2D eigenvalue weighted by atomic mass is 32.2. The second-order valence-corrected chi connectivity index (χ2v) is 5.51. The van der Waals surface area contributed by atoms with Gasteiger partial charge < -0.3 is 20.0 Å². The molecule has 0 radical (unpaired) electrons. The normalized spacial score (nSPS) is 10.5. The van der Waals surface area contributed by atoms with E-state index < -0.39 is 18.5 Å². The predicted octanol–water partition coefficient (Wildman–Crippen LogP) is 2.38. The van der Waals surface area contributed by atoms with Crippen LogP contribution in [0.1, 0.15) is 10.4 Å². The predicted molar refractivity (Wildman–Crippen MR) is 83.2 cm³/mol. The van der Waals surface area contributed by atoms with Crippen molar-refractivity contribution in [2.24, 2.45) is 0 Å². The lowest BCUT2D eigenvalue weighted by atomic mass is 10.2. The van der Waals surface area contributed by atoms with Gasteiger partial charge in [-0.3, -0.25) is 4.79 Å². The molecule has 1 N–H and O–H groups in total. The Morgan fingerprint density at radius 1 is 1.12 bits per heavy atom. The first kappa shape index (κ1) is 17.7. The van der Waals surface area contributed by atoms with Gasteiger partial charge in [0.1, 0.15) is 5.75 Å². The van der Waals surface area contributed by atoms with Crippen LogP contribution in [0.25, 0.3) is 0 Å². The van der Waals surface area contributed by atoms with Crippen LogP contribution in [0.3, 0.4) is 0 Å². The Kier molecular flexibility index (Phi) is 6.14. The number of benzene rings is 2. The average Bonchev–Trinajstić information content (AvgIpc) is 2.54. The number of carboxylic acid groups (broad SMARTS) is 1. The SMILES string of the molecule is O=C(CSc1ccccc1C(=O)[O-])Nc1ccccc1OC(F)F. The van der Waals surface area contributed by atoms with Gasteiger partial charge >= 0.3 is 6.61 Å². The van der Waals surface area contributed by atoms with E-state index in [-0.39, 0.29) is 22.8 Å². The molecular formula is C16H12F2NO4S-. The fraction of sp³-hybridized carbons (Fsp3) is 0.125. The second kappa shape index (κ2) is 8.30. The van der Waals surface area contributed by atoms with Crippen LogP contribution in [0, 0.1) is 0 Å². The number of thioether (sulfide) groups is 1. The molecule has 2 aromatic rings. The Labute approximate surface area is 140 Å². The van der Waals surface area contributed by atoms with Crippen LogP contribution in [-0.2, 0) is 4.79 Å². The van der Waals surface area contributed by atoms with Crippen LogP contribution in [0.2, 0.25) is 0 Å². The van der Waals surface area contributed by atoms with Gasteiger partial charge in [0.25, 0.3) is 0 Å². The minimum absolute atomic E-state index is 0.0169. The summed E-state index contributed by atoms with van der Waals surface area (Å²) in [5.41, 5.74) is 0.0910. The lowest BCUT2D eigenvalue weighted by Gasteiger charge is -2.12. The molecule has 0 aliphatic heterocycles. The van der Waals surface area contributed by atoms with Crippen molar-refractivity contribution in [3.63, 3.8) is 0 Å². The zero-order valence-electron chi connectivity index (χ0n) is 12.2. The lowest BCUT2D eigenvalue weighted by molar-refractivity contribution is -0.255. The molecule has 2 aromatic carbocycles. The van der Waals surface area contributed by atoms with E-state index in [9.17, 15) is 23.5 Å². The Morgan fingerprint density at radius 3 is 2.50 bits per heavy atom. The van der Waals surface area contributed by atoms with Crippen molar-refractivity contribution in [2.45, 2.75) is 11.5 Å². The lowest BCUT2D eigenvalue weighted by Crippen LogP contribution is -2.23. The van der Waals surface area contributed by atoms with Crippen LogP contribution in [-0.4, -0.2) is 24.2 Å². The molecular weight excluding hydrogens is 340 g/mol. The van der Waals surface area contributed by atoms with Gasteiger partial charge in [-0.2, -0.15) is 8.78 Å². The first-order chi connectivity index (χ1) is 11.5. The topological polar surface area (TPSA) is 78.5 Å². The molecule has 0 aliphatic rings. The first-order valence-electron chi connectivity index (χ1n) is 6.74. The molecule has 0 unspecified atom stereocenters. The molecule has 1 amide bonds. The molecule has 0 bridgehead atoms. The van der Waals surface area contributed by atoms with Gasteiger partial charge in [0.15, 0.2) is 0 Å². The zero-order chi connectivity index (χ0) is 17.5. The van der Waals surface area contributed by atoms with E-state index >= 15 is 0 Å². The highest BCUT2D eigenvalue weighted by Crippen LogP contribution is 2.27. The Hall–Kier alpha value is -2.61. The van der Waals surface area contributed by atoms with Crippen molar-refractivity contribution in [3.8, 4) is 5.75 Å². The zero-order valence-corrected chi connectivity index (χ0v) is 13.0. The fourth-order valence-electron chi connectivity index (χ4n) is 1.86. The Bertz CT molecular complexity index is 740. The van der Waals surface area contributed by atoms with E-state index in [1.54, 1.807) is 24.3 Å². The van der Waals surface area contributed by atoms with Gasteiger partial charge in [0.05, 0.1) is 17.4 Å². The molecule has 126 valence electrons. The molecule has 0 spiro atoms. The van der Waals surface area contributed by atoms with E-state index in [1.165, 1.54) is 24.3 Å². The maximum Gasteiger partial charge on any atom is 0.387 e. The van der Waals surface area contributed by atoms with Crippen LogP contribution in [0.4, 0.5) is 14.5 Å². The molecule has 5 nitrogen and oxygen atoms in total. The summed E-state index contributed by atoms with van der Waals surface area (Å²) in [7, 11) is 0. The quantitative estimate of drug-likeness (QED) is 0.774. The first-order valence-corrected chi connectivity index (χ1v) is 7.73. The maximum atomic E-state index is 12.3. The number of halogens is 2. The number of hydrogen-bond acceptors (Lipinski definition) is 5. The smallest absolute Gasteiger partial charge is 0.387 e. The van der Waals surface area contributed by atoms with E-state index in [0.717, 1.165) is 11.8 Å². The number of rotatable bonds is 7. The number of carbonyl (C=O) groups is 2. The third kappa shape index (κ3) is 4.95. The molecule has 0 fully saturated rings. The van der Waals surface area contributed by atoms with Gasteiger partial charge in [0, 0.05) is 10.5 Å². The molecule has 0 saturated heterocycles. The molecule has 0 aliphatic carbocycles. The molecule has 0 saturated carbocycles. The third-order valence-electron chi connectivity index (χ3n) is 2.84. The molecule has 8 heteroatoms. The number of anilines is 1. The summed E-state index contributed by atoms with van der Waals surface area (Å²) in [6.45, 7) is -3.01. The third-order valence-corrected chi connectivity index (χ3v) is 3.92. The van der Waals surface area contributed by atoms with Crippen LogP contribution < -0.4 is 15.2 Å². The minimum Gasteiger partial charge on any atom is -0.545 e. The molecule has 24 heavy (non-hydrogen) atoms. The van der Waals surface area contributed by atoms with Gasteiger partial charge in [-0.15, -0.1) is 11.8 Å². The second-order valence-electron chi connectivity index (χ2n) is 4.50. The summed E-state index contributed by atoms with van der Waals surface area (Å²) in [5, 5.41) is 13.4. The Morgan fingerprint density at radius 2 is 1.79 bits per heavy atom. The van der Waals surface area contributed by atoms with Gasteiger partial charge in [-0.1, -0.05) is 30.3 Å². The number of para-hydroxylation sites is 2. The van der Waals surface area contributed by atoms with E-state index in [0.29, 0.717) is 4.90 Å². The number of ether oxygens (including phenoxy) is 1. The summed E-state index contributed by atoms with van der Waals surface area (Å²) in [6.07, 6.45) is 0. The van der Waals surface area contributed by atoms with Crippen LogP contribution in [0.5, 0.6) is 5.75 Å². The van der Waals surface area contributed by atoms with Gasteiger partial charge in [0.2, 0.25) is 5.91 Å². The van der Waals surface area contributed by atoms with Crippen molar-refractivity contribution in [1.82, 2.24) is 0 Å². The van der Waals surface area contributed by atoms with Crippen molar-refractivity contribution in [3.05, 3.63) is 54.1 Å². The number of aromatic carboxylic acids is 1. The number of carbonyl (C=O) groups excluding carboxylic acids is 2. The summed E-state index contributed by atoms with van der Waals surface area (Å²) in [4.78, 5) is 23.3. The largest absolute Gasteiger partial charge is 0.545 e. The number of amides is 1. The van der Waals surface area contributed by atoms with Crippen molar-refractivity contribution in [1.29, 1.82) is 0 Å². The molecule has 0 atom stereocenters. The summed E-state index contributed by atoms with van der Waals surface area (Å²) >= 11 is 1.00. The number of hydrogen-bond donors (Lipinski definition) is 1. The highest BCUT2D eigenvalue weighted by Gasteiger charge is 2.12. The van der Waals surface area contributed by atoms with Gasteiger partial charge in [-0.05, 0) is 18.2 Å². The molecule has 0 heterocycles. The number of alkyl halides is 2. The van der Waals surface area contributed by atoms with Crippen molar-refractivity contribution < 1.29 is 28.2 Å². The van der Waals surface area contributed by atoms with Crippen LogP contribution >= 0.6 is 11.8 Å². The number of carboxylic acids is 1. The molecule has 0 aromatic heterocycles. The summed E-state index contributed by atoms with van der Waals surface area (Å²) < 4.78 is 29.0. The van der Waals surface area contributed by atoms with Crippen molar-refractivity contribution >= 4 is 29.3 Å². The number of nitrogens with one attached hydrogen (secondary N) is 1. The molecule has 2 rings (SSSR count). The summed E-state index contributed by atoms with van der Waals surface area (Å²) in [6, 6.07) is 11.9. The minimum atomic E-state index is -3.01. The standard InChI is InChI=1S/C16H13F2NO4S/c17-16(18)23-12-7-3-2-6-11(12)19-14(20)9-24-13-8-4-1-5-10(13)15(21)22/h1-8,16H,9H2,(H,19,20)(H,21,22)/p-1. The monoisotopic (exact) mass is 352 g/mol. The van der Waals surface area contributed by atoms with E-state index in [1.807, 2.05) is 0 Å². The fourth-order valence-corrected chi connectivity index (χ4v) is 2.70. The summed E-state index contributed by atoms with van der Waals surface area (Å²) in [5.74, 6) is -2.08. The van der Waals surface area contributed by atoms with E-state index in [2.05, 4.69) is 10.1 Å². The average molecular weight is 352 g/mol. The van der Waals surface area contributed by atoms with Gasteiger partial charge in [-0.25, -0.2) is 0 Å². The maximum absolute atomic E-state index is 12.3. The van der Waals surface area contributed by atoms with Crippen molar-refractivity contribution in [2.75, 3.05) is 11.1 Å². The van der Waals surface area contributed by atoms with Crippen LogP contribution in [0.15, 0.2) is 53.4 Å².